The van der Waals surface area contributed by atoms with Crippen molar-refractivity contribution < 1.29 is 24.5 Å². The monoisotopic (exact) mass is 341 g/mol. The zero-order valence-corrected chi connectivity index (χ0v) is 13.5. The Hall–Kier alpha value is -3.02. The molecule has 25 heavy (non-hydrogen) atoms. The smallest absolute Gasteiger partial charge is 0.408 e. The fraction of sp³-hybridized carbons (Fsp3) is 0.263. The second kappa shape index (κ2) is 7.25. The first-order chi connectivity index (χ1) is 12.1. The van der Waals surface area contributed by atoms with Crippen molar-refractivity contribution in [2.24, 2.45) is 0 Å². The molecule has 1 fully saturated rings. The van der Waals surface area contributed by atoms with Crippen molar-refractivity contribution in [2.45, 2.75) is 31.5 Å². The quantitative estimate of drug-likeness (QED) is 0.869. The van der Waals surface area contributed by atoms with Crippen molar-refractivity contribution in [3.8, 4) is 5.75 Å². The molecule has 6 heteroatoms. The first-order valence-corrected chi connectivity index (χ1v) is 8.07. The highest BCUT2D eigenvalue weighted by atomic mass is 16.5. The lowest BCUT2D eigenvalue weighted by atomic mass is 10.0. The van der Waals surface area contributed by atoms with Crippen molar-refractivity contribution in [2.75, 3.05) is 0 Å². The van der Waals surface area contributed by atoms with Crippen molar-refractivity contribution in [3.05, 3.63) is 65.7 Å². The zero-order chi connectivity index (χ0) is 17.8. The SMILES string of the molecule is O=C(O)[C@@H]1CC[C@H](c2cccc(OCc3ccccc3)c2)N1C(=O)O. The number of nitrogens with zero attached hydrogens (tertiary/aromatic N) is 1. The van der Waals surface area contributed by atoms with Gasteiger partial charge in [0.2, 0.25) is 0 Å². The summed E-state index contributed by atoms with van der Waals surface area (Å²) < 4.78 is 5.78. The van der Waals surface area contributed by atoms with E-state index in [1.54, 1.807) is 24.3 Å². The van der Waals surface area contributed by atoms with E-state index in [1.807, 2.05) is 30.3 Å². The average Bonchev–Trinajstić information content (AvgIpc) is 3.07. The van der Waals surface area contributed by atoms with Gasteiger partial charge in [-0.3, -0.25) is 4.90 Å². The highest BCUT2D eigenvalue weighted by molar-refractivity contribution is 5.80. The summed E-state index contributed by atoms with van der Waals surface area (Å²) in [6.45, 7) is 0.412. The summed E-state index contributed by atoms with van der Waals surface area (Å²) in [5.74, 6) is -0.480. The summed E-state index contributed by atoms with van der Waals surface area (Å²) in [5.41, 5.74) is 1.78. The lowest BCUT2D eigenvalue weighted by molar-refractivity contribution is -0.142. The Kier molecular flexibility index (Phi) is 4.88. The van der Waals surface area contributed by atoms with E-state index < -0.39 is 24.1 Å². The number of carbonyl (C=O) groups is 2. The van der Waals surface area contributed by atoms with Crippen LogP contribution in [0.4, 0.5) is 4.79 Å². The predicted octanol–water partition coefficient (Wildman–Crippen LogP) is 3.53. The Morgan fingerprint density at radius 1 is 1.04 bits per heavy atom. The van der Waals surface area contributed by atoms with Crippen LogP contribution in [0.15, 0.2) is 54.6 Å². The van der Waals surface area contributed by atoms with E-state index in [-0.39, 0.29) is 0 Å². The van der Waals surface area contributed by atoms with Gasteiger partial charge in [0.15, 0.2) is 0 Å². The lowest BCUT2D eigenvalue weighted by Gasteiger charge is -2.25. The molecule has 1 heterocycles. The Bertz CT molecular complexity index is 761. The van der Waals surface area contributed by atoms with Crippen LogP contribution in [0.3, 0.4) is 0 Å². The van der Waals surface area contributed by atoms with Gasteiger partial charge in [0.1, 0.15) is 18.4 Å². The lowest BCUT2D eigenvalue weighted by Crippen LogP contribution is -2.40. The van der Waals surface area contributed by atoms with E-state index in [0.717, 1.165) is 16.0 Å². The second-order valence-electron chi connectivity index (χ2n) is 5.98. The Morgan fingerprint density at radius 2 is 1.80 bits per heavy atom. The van der Waals surface area contributed by atoms with Crippen LogP contribution < -0.4 is 4.74 Å². The van der Waals surface area contributed by atoms with Crippen molar-refractivity contribution in [3.63, 3.8) is 0 Å². The van der Waals surface area contributed by atoms with Gasteiger partial charge in [-0.2, -0.15) is 0 Å². The molecule has 0 saturated carbocycles. The summed E-state index contributed by atoms with van der Waals surface area (Å²) in [7, 11) is 0. The third-order valence-electron chi connectivity index (χ3n) is 4.38. The normalized spacial score (nSPS) is 19.6. The molecule has 0 aromatic heterocycles. The van der Waals surface area contributed by atoms with E-state index in [4.69, 9.17) is 4.74 Å². The number of likely N-dealkylation sites (tertiary alicyclic amines) is 1. The van der Waals surface area contributed by atoms with Crippen LogP contribution in [0.1, 0.15) is 30.0 Å². The van der Waals surface area contributed by atoms with Crippen LogP contribution >= 0.6 is 0 Å². The minimum Gasteiger partial charge on any atom is -0.489 e. The van der Waals surface area contributed by atoms with Gasteiger partial charge >= 0.3 is 12.1 Å². The average molecular weight is 341 g/mol. The van der Waals surface area contributed by atoms with Crippen LogP contribution in [0.5, 0.6) is 5.75 Å². The molecule has 1 amide bonds. The molecule has 2 atom stereocenters. The topological polar surface area (TPSA) is 87.1 Å². The number of amides is 1. The van der Waals surface area contributed by atoms with Gasteiger partial charge in [-0.25, -0.2) is 9.59 Å². The minimum atomic E-state index is -1.22. The fourth-order valence-electron chi connectivity index (χ4n) is 3.20. The van der Waals surface area contributed by atoms with Gasteiger partial charge < -0.3 is 14.9 Å². The molecule has 2 N–H and O–H groups in total. The van der Waals surface area contributed by atoms with Crippen LogP contribution in [0, 0.1) is 0 Å². The van der Waals surface area contributed by atoms with Crippen LogP contribution in [0.2, 0.25) is 0 Å². The number of benzene rings is 2. The molecular weight excluding hydrogens is 322 g/mol. The number of carboxylic acid groups (broad SMARTS) is 2. The number of carboxylic acids is 1. The first-order valence-electron chi connectivity index (χ1n) is 8.07. The van der Waals surface area contributed by atoms with E-state index in [9.17, 15) is 19.8 Å². The molecule has 1 aliphatic heterocycles. The zero-order valence-electron chi connectivity index (χ0n) is 13.5. The van der Waals surface area contributed by atoms with Crippen LogP contribution in [-0.4, -0.2) is 33.2 Å². The largest absolute Gasteiger partial charge is 0.489 e. The number of aliphatic carboxylic acids is 1. The van der Waals surface area contributed by atoms with Gasteiger partial charge in [-0.1, -0.05) is 42.5 Å². The summed E-state index contributed by atoms with van der Waals surface area (Å²) in [6.07, 6.45) is -0.433. The van der Waals surface area contributed by atoms with Crippen molar-refractivity contribution >= 4 is 12.1 Å². The predicted molar refractivity (Wildman–Crippen MR) is 90.5 cm³/mol. The molecule has 0 unspecified atom stereocenters. The molecule has 0 radical (unpaired) electrons. The van der Waals surface area contributed by atoms with Gasteiger partial charge in [0, 0.05) is 0 Å². The third kappa shape index (κ3) is 3.74. The molecule has 6 nitrogen and oxygen atoms in total. The number of hydrogen-bond donors (Lipinski definition) is 2. The maximum atomic E-state index is 11.5. The summed E-state index contributed by atoms with van der Waals surface area (Å²) in [5, 5.41) is 18.6. The van der Waals surface area contributed by atoms with Crippen LogP contribution in [-0.2, 0) is 11.4 Å². The van der Waals surface area contributed by atoms with Gasteiger partial charge in [-0.05, 0) is 36.1 Å². The Labute approximate surface area is 145 Å². The van der Waals surface area contributed by atoms with Gasteiger partial charge in [-0.15, -0.1) is 0 Å². The maximum absolute atomic E-state index is 11.5. The molecule has 2 aromatic rings. The molecule has 0 bridgehead atoms. The summed E-state index contributed by atoms with van der Waals surface area (Å²) in [6, 6.07) is 15.4. The van der Waals surface area contributed by atoms with E-state index in [1.165, 1.54) is 0 Å². The molecule has 0 aliphatic carbocycles. The number of ether oxygens (including phenoxy) is 1. The van der Waals surface area contributed by atoms with E-state index in [2.05, 4.69) is 0 Å². The van der Waals surface area contributed by atoms with E-state index in [0.29, 0.717) is 25.2 Å². The highest BCUT2D eigenvalue weighted by Gasteiger charge is 2.41. The van der Waals surface area contributed by atoms with Gasteiger partial charge in [0.05, 0.1) is 6.04 Å². The summed E-state index contributed by atoms with van der Waals surface area (Å²) >= 11 is 0. The standard InChI is InChI=1S/C19H19NO5/c21-18(22)17-10-9-16(20(17)19(23)24)14-7-4-8-15(11-14)25-12-13-5-2-1-3-6-13/h1-8,11,16-17H,9-10,12H2,(H,21,22)(H,23,24)/t16-,17+/m1/s1. The highest BCUT2D eigenvalue weighted by Crippen LogP contribution is 2.37. The molecule has 1 saturated heterocycles. The number of rotatable bonds is 5. The Morgan fingerprint density at radius 3 is 2.48 bits per heavy atom. The molecule has 3 rings (SSSR count). The van der Waals surface area contributed by atoms with Crippen LogP contribution in [0.25, 0.3) is 0 Å². The second-order valence-corrected chi connectivity index (χ2v) is 5.98. The maximum Gasteiger partial charge on any atom is 0.408 e. The molecule has 1 aliphatic rings. The van der Waals surface area contributed by atoms with Crippen molar-refractivity contribution in [1.82, 2.24) is 4.90 Å². The summed E-state index contributed by atoms with van der Waals surface area (Å²) in [4.78, 5) is 23.8. The number of hydrogen-bond acceptors (Lipinski definition) is 3. The third-order valence-corrected chi connectivity index (χ3v) is 4.38. The molecule has 2 aromatic carbocycles. The molecular formula is C19H19NO5. The molecule has 0 spiro atoms. The molecule has 130 valence electrons. The first kappa shape index (κ1) is 16.8. The minimum absolute atomic E-state index is 0.307. The van der Waals surface area contributed by atoms with Gasteiger partial charge in [0.25, 0.3) is 0 Å². The van der Waals surface area contributed by atoms with Crippen molar-refractivity contribution in [1.29, 1.82) is 0 Å². The fourth-order valence-corrected chi connectivity index (χ4v) is 3.20. The van der Waals surface area contributed by atoms with E-state index >= 15 is 0 Å². The Balaban J connectivity index is 1.76.